The van der Waals surface area contributed by atoms with Gasteiger partial charge in [0.05, 0.1) is 53.4 Å². The Balaban J connectivity index is 0.000000138. The van der Waals surface area contributed by atoms with Gasteiger partial charge in [-0.1, -0.05) is 62.0 Å². The van der Waals surface area contributed by atoms with Gasteiger partial charge in [-0.3, -0.25) is 15.0 Å². The van der Waals surface area contributed by atoms with Crippen LogP contribution in [0.25, 0.3) is 88.3 Å². The highest BCUT2D eigenvalue weighted by molar-refractivity contribution is 9.10. The Hall–Kier alpha value is -12.9. The average Bonchev–Trinajstić information content (AvgIpc) is 1.59. The Labute approximate surface area is 620 Å². The monoisotopic (exact) mass is 1500 g/mol. The van der Waals surface area contributed by atoms with Gasteiger partial charge in [0.2, 0.25) is 0 Å². The van der Waals surface area contributed by atoms with Crippen molar-refractivity contribution >= 4 is 118 Å². The van der Waals surface area contributed by atoms with Crippen molar-refractivity contribution in [3.63, 3.8) is 0 Å². The zero-order chi connectivity index (χ0) is 74.8. The van der Waals surface area contributed by atoms with Gasteiger partial charge < -0.3 is 63.4 Å². The number of H-pyrrole nitrogens is 1. The molecule has 0 amide bonds. The molecule has 0 atom stereocenters. The van der Waals surface area contributed by atoms with Gasteiger partial charge >= 0.3 is 30.7 Å². The van der Waals surface area contributed by atoms with Crippen LogP contribution in [0.1, 0.15) is 72.6 Å². The van der Waals surface area contributed by atoms with Crippen molar-refractivity contribution in [3.8, 4) is 34.0 Å². The first-order valence-electron chi connectivity index (χ1n) is 33.0. The number of benzene rings is 3. The molecule has 0 saturated carbocycles. The zero-order valence-electron chi connectivity index (χ0n) is 58.5. The summed E-state index contributed by atoms with van der Waals surface area (Å²) in [7, 11) is 2.77. The number of pyridine rings is 9. The molecule has 27 nitrogen and oxygen atoms in total. The third-order valence-electron chi connectivity index (χ3n) is 18.1. The van der Waals surface area contributed by atoms with Crippen LogP contribution in [0.4, 0.5) is 22.2 Å². The van der Waals surface area contributed by atoms with E-state index in [1.165, 1.54) is 41.4 Å². The summed E-state index contributed by atoms with van der Waals surface area (Å²) in [6.07, 6.45) is 14.1. The molecule has 1 fully saturated rings. The van der Waals surface area contributed by atoms with Crippen LogP contribution in [0.3, 0.4) is 0 Å². The maximum absolute atomic E-state index is 12.9. The fraction of sp³-hybridized carbons (Fsp3) is 0.179. The van der Waals surface area contributed by atoms with Gasteiger partial charge in [0, 0.05) is 98.8 Å². The van der Waals surface area contributed by atoms with Crippen molar-refractivity contribution < 1.29 is 43.1 Å². The van der Waals surface area contributed by atoms with E-state index in [1.54, 1.807) is 90.1 Å². The Morgan fingerprint density at radius 3 is 1.55 bits per heavy atom. The second-order valence-corrected chi connectivity index (χ2v) is 27.1. The number of methoxy groups -OCH3 is 2. The first kappa shape index (κ1) is 73.9. The maximum atomic E-state index is 12.9. The van der Waals surface area contributed by atoms with Crippen molar-refractivity contribution in [2.24, 2.45) is 0 Å². The molecule has 16 rings (SSSR count). The van der Waals surface area contributed by atoms with Crippen LogP contribution in [0.15, 0.2) is 230 Å². The number of halogens is 1. The summed E-state index contributed by atoms with van der Waals surface area (Å²) in [5.74, 6) is 0.921. The third-order valence-corrected chi connectivity index (χ3v) is 18.6. The zero-order valence-corrected chi connectivity index (χ0v) is 60.1. The number of nitrogens with one attached hydrogen (secondary N) is 1. The number of fused-ring (bicyclic) bond motifs is 9. The molecule has 1 N–H and O–H groups in total. The highest BCUT2D eigenvalue weighted by atomic mass is 79.9. The summed E-state index contributed by atoms with van der Waals surface area (Å²) in [5, 5.41) is 38.1. The van der Waals surface area contributed by atoms with Crippen molar-refractivity contribution in [1.29, 1.82) is 0 Å². The number of aromatic amines is 1. The Morgan fingerprint density at radius 1 is 0.523 bits per heavy atom. The molecule has 15 aromatic rings. The highest BCUT2D eigenvalue weighted by Crippen LogP contribution is 2.47. The second kappa shape index (κ2) is 30.1. The maximum Gasteiger partial charge on any atom is 0.495 e. The molecule has 0 radical (unpaired) electrons. The predicted octanol–water partition coefficient (Wildman–Crippen LogP) is 16.5. The van der Waals surface area contributed by atoms with E-state index in [2.05, 4.69) is 126 Å². The lowest BCUT2D eigenvalue weighted by Crippen LogP contribution is -2.41. The number of nitrogens with zero attached hydrogens (tertiary/aromatic N) is 14. The summed E-state index contributed by atoms with van der Waals surface area (Å²) >= 11 is 3.62. The molecule has 107 heavy (non-hydrogen) atoms. The summed E-state index contributed by atoms with van der Waals surface area (Å²) in [6.45, 7) is 13.1. The number of carbonyl (C=O) groups excluding carboxylic acids is 1. The third kappa shape index (κ3) is 14.7. The van der Waals surface area contributed by atoms with Gasteiger partial charge in [0.25, 0.3) is 0 Å². The minimum atomic E-state index is -0.769. The molecule has 0 bridgehead atoms. The fourth-order valence-corrected chi connectivity index (χ4v) is 12.8. The van der Waals surface area contributed by atoms with Crippen LogP contribution in [-0.4, -0.2) is 118 Å². The summed E-state index contributed by atoms with van der Waals surface area (Å²) in [6, 6.07) is 53.3. The Bertz CT molecular complexity index is 5790. The molecule has 29 heteroatoms. The lowest BCUT2D eigenvalue weighted by molar-refractivity contribution is -0.389. The lowest BCUT2D eigenvalue weighted by Gasteiger charge is -2.38. The smallest absolute Gasteiger partial charge is 0.495 e. The molecule has 1 saturated heterocycles. The van der Waals surface area contributed by atoms with Crippen molar-refractivity contribution in [2.75, 3.05) is 14.2 Å². The summed E-state index contributed by atoms with van der Waals surface area (Å²) in [5.41, 5.74) is 8.34. The summed E-state index contributed by atoms with van der Waals surface area (Å²) < 4.78 is 32.7. The number of hydrogen-bond donors (Lipinski definition) is 1. The SMILES string of the molecule is C.CC(C)(C)OC(=O)n1c2ccncc2c2ccc(-c3ccnc([N+](=O)[O-])c3)nc21.CC1(C)OB(c2ccnc([N+](=O)[O-])c2)OC1(C)C.COc1ccc(C(c2ccccc2)(c2ccc(OC)cc2)n2c3ccncc3c3ccc(Br)nc32)cc1.O=[N+]([O-])c1cc(-c2ccc3c(n2)[nH]c2ccncc23)ccn1. The van der Waals surface area contributed by atoms with Crippen LogP contribution in [0.5, 0.6) is 11.5 Å². The lowest BCUT2D eigenvalue weighted by atomic mass is 9.76. The highest BCUT2D eigenvalue weighted by Gasteiger charge is 2.52. The molecule has 1 aliphatic heterocycles. The van der Waals surface area contributed by atoms with Gasteiger partial charge in [0.15, 0.2) is 5.65 Å². The van der Waals surface area contributed by atoms with Gasteiger partial charge in [-0.25, -0.2) is 24.3 Å². The quantitative estimate of drug-likeness (QED) is 0.0390. The second-order valence-electron chi connectivity index (χ2n) is 26.3. The molecule has 12 aromatic heterocycles. The van der Waals surface area contributed by atoms with Gasteiger partial charge in [0.1, 0.15) is 57.1 Å². The van der Waals surface area contributed by atoms with E-state index in [4.69, 9.17) is 28.5 Å². The molecule has 1 aliphatic rings. The standard InChI is InChI=1S/C31H24BrN3O2.C20H17N5O4.C15H9N5O2.C11H15BN2O4.CH4/c1-36-24-12-8-22(9-13-24)31(21-6-4-3-5-7-21,23-10-14-25(37-2)15-11-23)35-28-18-19-33-20-27(28)26-16-17-29(32)34-30(26)35;1-20(2,3)29-19(26)24-16-7-8-21-11-14(16)13-4-5-15(23-18(13)24)12-6-9-22-17(10-12)25(27)28;21-20(22)14-7-9(3-6-17-14)12-2-1-10-11-8-16-5-4-13(11)19-15(10)18-12;1-10(2)11(3,4)18-12(17-10)8-5-6-13-9(7-8)14(15)16;/h3-20H,1-2H3;4-11H,1-3H3;1-8H,(H,18,19);5-7H,1-4H3;1H4. The van der Waals surface area contributed by atoms with Gasteiger partial charge in [-0.15, -0.1) is 0 Å². The van der Waals surface area contributed by atoms with E-state index in [0.717, 1.165) is 87.4 Å². The molecule has 0 unspecified atom stereocenters. The van der Waals surface area contributed by atoms with Crippen LogP contribution < -0.4 is 14.9 Å². The van der Waals surface area contributed by atoms with E-state index in [0.29, 0.717) is 39.1 Å². The molecule has 0 spiro atoms. The molecule has 538 valence electrons. The molecule has 0 aliphatic carbocycles. The number of rotatable bonds is 12. The number of carbonyl (C=O) groups is 1. The molecular weight excluding hydrogens is 1430 g/mol. The molecular formula is C78H69BBrN15O12. The summed E-state index contributed by atoms with van der Waals surface area (Å²) in [4.78, 5) is 85.1. The number of aromatic nitrogens is 12. The number of hydrogen-bond acceptors (Lipinski definition) is 21. The van der Waals surface area contributed by atoms with Crippen molar-refractivity contribution in [1.82, 2.24) is 59.0 Å². The van der Waals surface area contributed by atoms with Gasteiger partial charge in [-0.05, 0) is 213 Å². The Morgan fingerprint density at radius 2 is 1.00 bits per heavy atom. The van der Waals surface area contributed by atoms with Crippen LogP contribution in [0.2, 0.25) is 0 Å². The average molecular weight is 1500 g/mol. The number of ether oxygens (including phenoxy) is 3. The first-order valence-corrected chi connectivity index (χ1v) is 33.8. The number of nitro groups is 3. The van der Waals surface area contributed by atoms with E-state index in [1.807, 2.05) is 101 Å². The fourth-order valence-electron chi connectivity index (χ4n) is 12.5. The van der Waals surface area contributed by atoms with Crippen LogP contribution in [-0.2, 0) is 19.6 Å². The first-order chi connectivity index (χ1) is 50.9. The topological polar surface area (TPSA) is 334 Å². The molecule has 3 aromatic carbocycles. The van der Waals surface area contributed by atoms with E-state index < -0.39 is 50.3 Å². The van der Waals surface area contributed by atoms with Crippen LogP contribution in [0, 0.1) is 30.3 Å². The van der Waals surface area contributed by atoms with E-state index in [9.17, 15) is 35.1 Å². The van der Waals surface area contributed by atoms with Gasteiger partial charge in [-0.2, -0.15) is 0 Å². The Kier molecular flexibility index (Phi) is 20.8. The van der Waals surface area contributed by atoms with E-state index >= 15 is 0 Å². The van der Waals surface area contributed by atoms with Crippen molar-refractivity contribution in [2.45, 2.75) is 78.2 Å². The minimum Gasteiger partial charge on any atom is -0.497 e. The van der Waals surface area contributed by atoms with Crippen molar-refractivity contribution in [3.05, 3.63) is 277 Å². The van der Waals surface area contributed by atoms with Crippen LogP contribution >= 0.6 is 15.9 Å². The molecule has 13 heterocycles. The minimum absolute atomic E-state index is 0. The van der Waals surface area contributed by atoms with E-state index in [-0.39, 0.29) is 24.9 Å². The normalized spacial score (nSPS) is 13.0. The predicted molar refractivity (Wildman–Crippen MR) is 412 cm³/mol. The largest absolute Gasteiger partial charge is 0.497 e.